The van der Waals surface area contributed by atoms with Crippen LogP contribution in [0.5, 0.6) is 0 Å². The van der Waals surface area contributed by atoms with E-state index < -0.39 is 201 Å². The van der Waals surface area contributed by atoms with E-state index in [-0.39, 0.29) is 96.8 Å². The number of hydrogen-bond donors (Lipinski definition) is 10. The molecular formula is C69H87F5N8O21. The summed E-state index contributed by atoms with van der Waals surface area (Å²) < 4.78 is 124. The lowest BCUT2D eigenvalue weighted by Gasteiger charge is -2.49. The minimum absolute atomic E-state index is 0.00111. The normalized spacial score (nSPS) is 33.6. The Morgan fingerprint density at radius 2 is 1.26 bits per heavy atom. The number of aliphatic hydroxyl groups is 9. The van der Waals surface area contributed by atoms with Crippen LogP contribution in [0.4, 0.5) is 22.0 Å². The van der Waals surface area contributed by atoms with E-state index in [4.69, 9.17) is 37.9 Å². The summed E-state index contributed by atoms with van der Waals surface area (Å²) in [4.78, 5) is 58.9. The first-order chi connectivity index (χ1) is 49.3. The van der Waals surface area contributed by atoms with Crippen LogP contribution >= 0.6 is 0 Å². The third kappa shape index (κ3) is 16.8. The zero-order valence-electron chi connectivity index (χ0n) is 56.8. The molecule has 24 atom stereocenters. The maximum atomic E-state index is 14.8. The molecule has 6 fully saturated rings. The van der Waals surface area contributed by atoms with Crippen molar-refractivity contribution >= 4 is 23.6 Å². The van der Waals surface area contributed by atoms with Crippen molar-refractivity contribution in [2.75, 3.05) is 32.8 Å². The molecule has 3 aromatic carbocycles. The first kappa shape index (κ1) is 77.1. The van der Waals surface area contributed by atoms with Crippen LogP contribution in [0, 0.1) is 53.8 Å². The van der Waals surface area contributed by atoms with Gasteiger partial charge in [0.1, 0.15) is 90.4 Å². The Bertz CT molecular complexity index is 3690. The van der Waals surface area contributed by atoms with Gasteiger partial charge in [0.25, 0.3) is 5.91 Å². The van der Waals surface area contributed by atoms with Crippen LogP contribution in [0.1, 0.15) is 113 Å². The highest BCUT2D eigenvalue weighted by Crippen LogP contribution is 2.43. The third-order valence-corrected chi connectivity index (χ3v) is 20.4. The molecule has 5 aromatic rings. The van der Waals surface area contributed by atoms with Crippen LogP contribution in [0.3, 0.4) is 0 Å². The van der Waals surface area contributed by atoms with Gasteiger partial charge in [0.05, 0.1) is 61.6 Å². The van der Waals surface area contributed by atoms with E-state index in [2.05, 4.69) is 25.9 Å². The van der Waals surface area contributed by atoms with Crippen LogP contribution < -0.4 is 5.32 Å². The summed E-state index contributed by atoms with van der Waals surface area (Å²) in [5.41, 5.74) is -0.294. The Hall–Kier alpha value is -6.97. The molecule has 29 nitrogen and oxygen atoms in total. The third-order valence-electron chi connectivity index (χ3n) is 20.4. The minimum atomic E-state index is -1.89. The number of aromatic nitrogens is 6. The SMILES string of the molecule is CCC[C@H](OC1C(OC(=O)c2ccccc2)[C@H](O[C@@H]2CC(C(=O)CCCNC(=O)[C@H]3CC(n4cc(-c5cc(F)c(F)c(F)c5)nn4)C(O)[C@H](O[C@@H]4OC(CO)[C@H](O)[C@@H](n5cc(-c6cc(C)c(F)c(F)c6)nn5)C4O)C3)C[C@@H](CC)C2O[C@@H]2OC(C)[C@@H](O)[C@H](O)C2O)O[C@@H](CO)[C@@H]1O)C(=O)N1CCC1. The number of ether oxygens (including phenoxy) is 8. The Balaban J connectivity index is 0.826. The molecule has 10 N–H and O–H groups in total. The second-order valence-corrected chi connectivity index (χ2v) is 27.3. The molecule has 11 rings (SSSR count). The van der Waals surface area contributed by atoms with E-state index in [0.717, 1.165) is 21.9 Å². The smallest absolute Gasteiger partial charge is 0.338 e. The van der Waals surface area contributed by atoms with Gasteiger partial charge in [-0.25, -0.2) is 36.1 Å². The average molecular weight is 1460 g/mol. The van der Waals surface area contributed by atoms with Gasteiger partial charge in [0.2, 0.25) is 5.91 Å². The first-order valence-corrected chi connectivity index (χ1v) is 34.7. The Morgan fingerprint density at radius 3 is 1.90 bits per heavy atom. The number of aliphatic hydroxyl groups excluding tert-OH is 9. The number of nitrogens with zero attached hydrogens (tertiary/aromatic N) is 7. The Kier molecular flexibility index (Phi) is 25.2. The number of aryl methyl sites for hydroxylation is 1. The summed E-state index contributed by atoms with van der Waals surface area (Å²) in [5.74, 6) is -11.9. The summed E-state index contributed by atoms with van der Waals surface area (Å²) in [6.45, 7) is 5.57. The maximum Gasteiger partial charge on any atom is 0.338 e. The lowest BCUT2D eigenvalue weighted by Crippen LogP contribution is -2.64. The van der Waals surface area contributed by atoms with Gasteiger partial charge in [0, 0.05) is 49.0 Å². The molecule has 0 radical (unpaired) electrons. The first-order valence-electron chi connectivity index (χ1n) is 34.7. The number of esters is 1. The van der Waals surface area contributed by atoms with Gasteiger partial charge in [-0.15, -0.1) is 10.2 Å². The van der Waals surface area contributed by atoms with Gasteiger partial charge < -0.3 is 94.1 Å². The van der Waals surface area contributed by atoms with Gasteiger partial charge in [-0.05, 0) is 107 Å². The van der Waals surface area contributed by atoms with Gasteiger partial charge >= 0.3 is 5.97 Å². The molecule has 10 unspecified atom stereocenters. The maximum absolute atomic E-state index is 14.8. The number of hydrogen-bond acceptors (Lipinski definition) is 25. The molecule has 4 aliphatic heterocycles. The number of likely N-dealkylation sites (tertiary alicyclic amines) is 1. The van der Waals surface area contributed by atoms with Crippen molar-refractivity contribution in [3.05, 3.63) is 107 Å². The number of rotatable bonds is 26. The van der Waals surface area contributed by atoms with Crippen molar-refractivity contribution < 1.29 is 125 Å². The predicted octanol–water partition coefficient (Wildman–Crippen LogP) is 2.17. The summed E-state index contributed by atoms with van der Waals surface area (Å²) in [6.07, 6.45) is -25.9. The van der Waals surface area contributed by atoms with Crippen molar-refractivity contribution in [3.8, 4) is 22.5 Å². The van der Waals surface area contributed by atoms with Gasteiger partial charge in [-0.1, -0.05) is 55.3 Å². The molecule has 6 heterocycles. The molecule has 6 aliphatic rings. The Labute approximate surface area is 587 Å². The monoisotopic (exact) mass is 1460 g/mol. The molecule has 2 aliphatic carbocycles. The zero-order valence-corrected chi connectivity index (χ0v) is 56.8. The highest BCUT2D eigenvalue weighted by Gasteiger charge is 2.55. The van der Waals surface area contributed by atoms with Gasteiger partial charge in [-0.2, -0.15) is 0 Å². The number of ketones is 1. The topological polar surface area (TPSA) is 401 Å². The van der Waals surface area contributed by atoms with E-state index in [1.807, 2.05) is 6.92 Å². The van der Waals surface area contributed by atoms with Crippen molar-refractivity contribution in [2.45, 2.75) is 221 Å². The number of Topliss-reactive ketones (excluding diaryl/α,β-unsaturated/α-hetero) is 1. The fraction of sp³-hybridized carbons (Fsp3) is 0.623. The molecule has 0 bridgehead atoms. The van der Waals surface area contributed by atoms with E-state index >= 15 is 0 Å². The van der Waals surface area contributed by atoms with E-state index in [0.29, 0.717) is 38.1 Å². The van der Waals surface area contributed by atoms with Crippen molar-refractivity contribution in [1.82, 2.24) is 40.2 Å². The quantitative estimate of drug-likeness (QED) is 0.0164. The van der Waals surface area contributed by atoms with Crippen LogP contribution in [-0.2, 0) is 52.3 Å². The molecular weight excluding hydrogens is 1370 g/mol. The number of amides is 2. The van der Waals surface area contributed by atoms with Crippen LogP contribution in [0.25, 0.3) is 22.5 Å². The molecule has 103 heavy (non-hydrogen) atoms. The fourth-order valence-corrected chi connectivity index (χ4v) is 14.4. The Morgan fingerprint density at radius 1 is 0.650 bits per heavy atom. The van der Waals surface area contributed by atoms with E-state index in [1.165, 1.54) is 44.4 Å². The number of halogens is 5. The van der Waals surface area contributed by atoms with Crippen LogP contribution in [-0.4, -0.2) is 254 Å². The number of nitrogens with one attached hydrogen (secondary N) is 1. The fourth-order valence-electron chi connectivity index (χ4n) is 14.4. The number of benzene rings is 3. The molecule has 4 saturated heterocycles. The summed E-state index contributed by atoms with van der Waals surface area (Å²) in [6, 6.07) is 8.59. The molecule has 2 aromatic heterocycles. The lowest BCUT2D eigenvalue weighted by atomic mass is 9.74. The van der Waals surface area contributed by atoms with E-state index in [9.17, 15) is 87.1 Å². The molecule has 0 spiro atoms. The number of carbonyl (C=O) groups excluding carboxylic acids is 4. The van der Waals surface area contributed by atoms with E-state index in [1.54, 1.807) is 30.0 Å². The molecule has 34 heteroatoms. The van der Waals surface area contributed by atoms with Crippen LogP contribution in [0.2, 0.25) is 0 Å². The molecule has 2 saturated carbocycles. The van der Waals surface area contributed by atoms with Crippen molar-refractivity contribution in [3.63, 3.8) is 0 Å². The number of carbonyl (C=O) groups is 4. The van der Waals surface area contributed by atoms with Gasteiger partial charge in [0.15, 0.2) is 54.1 Å². The summed E-state index contributed by atoms with van der Waals surface area (Å²) in [5, 5.41) is 121. The highest BCUT2D eigenvalue weighted by atomic mass is 19.2. The van der Waals surface area contributed by atoms with Crippen molar-refractivity contribution in [1.29, 1.82) is 0 Å². The van der Waals surface area contributed by atoms with Gasteiger partial charge in [-0.3, -0.25) is 14.4 Å². The average Bonchev–Trinajstić information content (AvgIpc) is 1.00. The largest absolute Gasteiger partial charge is 0.450 e. The minimum Gasteiger partial charge on any atom is -0.450 e. The predicted molar refractivity (Wildman–Crippen MR) is 343 cm³/mol. The zero-order chi connectivity index (χ0) is 73.8. The molecule has 564 valence electrons. The highest BCUT2D eigenvalue weighted by molar-refractivity contribution is 5.89. The summed E-state index contributed by atoms with van der Waals surface area (Å²) in [7, 11) is 0. The second kappa shape index (κ2) is 33.6. The second-order valence-electron chi connectivity index (χ2n) is 27.3. The summed E-state index contributed by atoms with van der Waals surface area (Å²) >= 11 is 0. The molecule has 2 amide bonds. The van der Waals surface area contributed by atoms with Crippen molar-refractivity contribution in [2.24, 2.45) is 17.8 Å². The van der Waals surface area contributed by atoms with Crippen LogP contribution in [0.15, 0.2) is 67.0 Å². The lowest BCUT2D eigenvalue weighted by molar-refractivity contribution is -0.349. The standard InChI is InChI=1S/C69H87F5N8O21/c1-5-12-46(65(94)80-17-11-18-80)97-62-57(89)50(30-84)101-69(63(62)102-66(95)34-13-8-7-9-14-34)99-48-25-37(20-33(6-2)61(48)103-68-60(92)59(91)54(86)32(4)96-68)45(85)15-10-16-75-64(93)38-24-44(81-27-42(76-78-81)36-22-40(71)52(74)41(72)23-36)55(87)47(26-38)98-67-58(90)53(56(88)49(29-83)100-67)82-28-43(77-79-82)35-19-31(3)51(73)39(70)21-35/h7-9,13-14,19,21-23,27-28,32-33,37-38,44,46-50,53-63,67-69,83-84,86-92H,5-6,10-12,15-18,20,24-26,29-30H2,1-4H3,(H,75,93)/t32?,33-,37?,38+,44?,46+,47-,48-,49?,50+,53-,54-,55?,56+,57+,58?,59+,60?,61?,62?,63?,67-,68+,69-/m1/s1.